The lowest BCUT2D eigenvalue weighted by Gasteiger charge is -2.08. The minimum absolute atomic E-state index is 0.247. The van der Waals surface area contributed by atoms with Crippen LogP contribution >= 0.6 is 0 Å². The van der Waals surface area contributed by atoms with E-state index in [9.17, 15) is 14.4 Å². The van der Waals surface area contributed by atoms with Crippen molar-refractivity contribution >= 4 is 29.2 Å². The van der Waals surface area contributed by atoms with Crippen molar-refractivity contribution in [3.8, 4) is 0 Å². The van der Waals surface area contributed by atoms with Crippen molar-refractivity contribution in [3.05, 3.63) is 60.2 Å². The number of ether oxygens (including phenoxy) is 1. The molecule has 0 fully saturated rings. The molecule has 2 N–H and O–H groups in total. The normalized spacial score (nSPS) is 9.78. The molecule has 0 bridgehead atoms. The number of anilines is 2. The van der Waals surface area contributed by atoms with Gasteiger partial charge >= 0.3 is 5.97 Å². The molecule has 0 saturated heterocycles. The molecule has 0 saturated carbocycles. The van der Waals surface area contributed by atoms with E-state index in [-0.39, 0.29) is 12.3 Å². The second-order valence-corrected chi connectivity index (χ2v) is 4.70. The highest BCUT2D eigenvalue weighted by atomic mass is 16.5. The minimum atomic E-state index is -0.615. The van der Waals surface area contributed by atoms with Crippen molar-refractivity contribution in [3.63, 3.8) is 0 Å². The van der Waals surface area contributed by atoms with Gasteiger partial charge in [-0.25, -0.2) is 0 Å². The maximum Gasteiger partial charge on any atom is 0.315 e. The second kappa shape index (κ2) is 7.74. The Hall–Kier alpha value is -3.15. The molecule has 2 rings (SSSR count). The third-order valence-electron chi connectivity index (χ3n) is 2.97. The van der Waals surface area contributed by atoms with Gasteiger partial charge in [0.15, 0.2) is 0 Å². The van der Waals surface area contributed by atoms with Crippen molar-refractivity contribution in [2.45, 2.75) is 6.42 Å². The van der Waals surface area contributed by atoms with Gasteiger partial charge in [0.1, 0.15) is 6.42 Å². The summed E-state index contributed by atoms with van der Waals surface area (Å²) in [5.41, 5.74) is 1.55. The molecule has 6 heteroatoms. The quantitative estimate of drug-likeness (QED) is 0.656. The summed E-state index contributed by atoms with van der Waals surface area (Å²) in [7, 11) is 1.22. The first-order valence-electron chi connectivity index (χ1n) is 6.91. The molecule has 6 nitrogen and oxygen atoms in total. The summed E-state index contributed by atoms with van der Waals surface area (Å²) < 4.78 is 4.43. The monoisotopic (exact) mass is 312 g/mol. The third-order valence-corrected chi connectivity index (χ3v) is 2.97. The first-order chi connectivity index (χ1) is 11.1. The number of nitrogens with one attached hydrogen (secondary N) is 2. The largest absolute Gasteiger partial charge is 0.469 e. The van der Waals surface area contributed by atoms with E-state index in [0.717, 1.165) is 0 Å². The topological polar surface area (TPSA) is 84.5 Å². The van der Waals surface area contributed by atoms with Gasteiger partial charge in [-0.3, -0.25) is 14.4 Å². The lowest BCUT2D eigenvalue weighted by molar-refractivity contribution is -0.142. The van der Waals surface area contributed by atoms with E-state index in [1.54, 1.807) is 48.5 Å². The Morgan fingerprint density at radius 3 is 2.22 bits per heavy atom. The third kappa shape index (κ3) is 4.96. The predicted octanol–water partition coefficient (Wildman–Crippen LogP) is 2.44. The Labute approximate surface area is 133 Å². The minimum Gasteiger partial charge on any atom is -0.469 e. The van der Waals surface area contributed by atoms with Crippen molar-refractivity contribution in [2.75, 3.05) is 17.7 Å². The van der Waals surface area contributed by atoms with E-state index in [1.165, 1.54) is 7.11 Å². The molecule has 0 heterocycles. The van der Waals surface area contributed by atoms with Gasteiger partial charge in [0.25, 0.3) is 5.91 Å². The molecule has 0 aromatic heterocycles. The van der Waals surface area contributed by atoms with Gasteiger partial charge in [0.2, 0.25) is 5.91 Å². The zero-order valence-electron chi connectivity index (χ0n) is 12.5. The van der Waals surface area contributed by atoms with Gasteiger partial charge in [-0.15, -0.1) is 0 Å². The van der Waals surface area contributed by atoms with Crippen LogP contribution in [0, 0.1) is 0 Å². The van der Waals surface area contributed by atoms with E-state index in [2.05, 4.69) is 15.4 Å². The molecule has 0 aliphatic rings. The highest BCUT2D eigenvalue weighted by Crippen LogP contribution is 2.16. The van der Waals surface area contributed by atoms with E-state index < -0.39 is 11.9 Å². The highest BCUT2D eigenvalue weighted by molar-refractivity contribution is 6.05. The number of carbonyl (C=O) groups is 3. The summed E-state index contributed by atoms with van der Waals surface area (Å²) in [6.45, 7) is 0. The van der Waals surface area contributed by atoms with Gasteiger partial charge in [-0.05, 0) is 30.3 Å². The molecule has 0 unspecified atom stereocenters. The Bertz CT molecular complexity index is 714. The molecule has 118 valence electrons. The van der Waals surface area contributed by atoms with Crippen LogP contribution in [0.15, 0.2) is 54.6 Å². The summed E-state index contributed by atoms with van der Waals surface area (Å²) >= 11 is 0. The summed E-state index contributed by atoms with van der Waals surface area (Å²) in [4.78, 5) is 34.8. The molecule has 23 heavy (non-hydrogen) atoms. The summed E-state index contributed by atoms with van der Waals surface area (Å²) in [6.07, 6.45) is -0.364. The van der Waals surface area contributed by atoms with Crippen molar-refractivity contribution < 1.29 is 19.1 Å². The van der Waals surface area contributed by atoms with Crippen LogP contribution in [-0.4, -0.2) is 24.9 Å². The number of benzene rings is 2. The fraction of sp³-hybridized carbons (Fsp3) is 0.118. The Balaban J connectivity index is 2.01. The molecule has 0 atom stereocenters. The first-order valence-corrected chi connectivity index (χ1v) is 6.91. The van der Waals surface area contributed by atoms with Gasteiger partial charge in [0.05, 0.1) is 7.11 Å². The van der Waals surface area contributed by atoms with Crippen LogP contribution in [-0.2, 0) is 14.3 Å². The lowest BCUT2D eigenvalue weighted by Crippen LogP contribution is -2.17. The second-order valence-electron chi connectivity index (χ2n) is 4.70. The van der Waals surface area contributed by atoms with E-state index >= 15 is 0 Å². The predicted molar refractivity (Wildman–Crippen MR) is 86.1 cm³/mol. The number of carbonyl (C=O) groups excluding carboxylic acids is 3. The van der Waals surface area contributed by atoms with E-state index in [1.807, 2.05) is 6.07 Å². The van der Waals surface area contributed by atoms with Crippen molar-refractivity contribution in [1.29, 1.82) is 0 Å². The van der Waals surface area contributed by atoms with E-state index in [4.69, 9.17) is 0 Å². The molecule has 0 aliphatic heterocycles. The Morgan fingerprint density at radius 2 is 1.57 bits per heavy atom. The summed E-state index contributed by atoms with van der Waals surface area (Å²) in [6, 6.07) is 15.5. The zero-order valence-corrected chi connectivity index (χ0v) is 12.5. The molecule has 0 aliphatic carbocycles. The number of esters is 1. The molecule has 0 radical (unpaired) electrons. The van der Waals surface area contributed by atoms with Crippen LogP contribution in [0.25, 0.3) is 0 Å². The van der Waals surface area contributed by atoms with Crippen LogP contribution in [0.3, 0.4) is 0 Å². The van der Waals surface area contributed by atoms with Gasteiger partial charge in [-0.2, -0.15) is 0 Å². The fourth-order valence-electron chi connectivity index (χ4n) is 1.88. The maximum atomic E-state index is 12.1. The number of rotatable bonds is 5. The molecular formula is C17H16N2O4. The van der Waals surface area contributed by atoms with Crippen molar-refractivity contribution in [2.24, 2.45) is 0 Å². The number of methoxy groups -OCH3 is 1. The zero-order chi connectivity index (χ0) is 16.7. The Morgan fingerprint density at radius 1 is 0.913 bits per heavy atom. The average Bonchev–Trinajstić information content (AvgIpc) is 2.55. The Kier molecular flexibility index (Phi) is 5.46. The molecule has 2 aromatic carbocycles. The number of hydrogen-bond donors (Lipinski definition) is 2. The number of hydrogen-bond acceptors (Lipinski definition) is 4. The standard InChI is InChI=1S/C17H16N2O4/c1-23-16(21)11-15(20)18-13-8-5-9-14(10-13)19-17(22)12-6-3-2-4-7-12/h2-10H,11H2,1H3,(H,18,20)(H,19,22). The molecule has 2 aromatic rings. The molecule has 2 amide bonds. The fourth-order valence-corrected chi connectivity index (χ4v) is 1.88. The SMILES string of the molecule is COC(=O)CC(=O)Nc1cccc(NC(=O)c2ccccc2)c1. The van der Waals surface area contributed by atoms with Gasteiger partial charge in [-0.1, -0.05) is 24.3 Å². The van der Waals surface area contributed by atoms with Gasteiger partial charge in [0, 0.05) is 16.9 Å². The summed E-state index contributed by atoms with van der Waals surface area (Å²) in [5.74, 6) is -1.34. The van der Waals surface area contributed by atoms with Crippen molar-refractivity contribution in [1.82, 2.24) is 0 Å². The number of amides is 2. The first kappa shape index (κ1) is 16.2. The van der Waals surface area contributed by atoms with Crippen LogP contribution in [0.2, 0.25) is 0 Å². The smallest absolute Gasteiger partial charge is 0.315 e. The van der Waals surface area contributed by atoms with Crippen LogP contribution < -0.4 is 10.6 Å². The summed E-state index contributed by atoms with van der Waals surface area (Å²) in [5, 5.41) is 5.31. The van der Waals surface area contributed by atoms with Crippen LogP contribution in [0.1, 0.15) is 16.8 Å². The van der Waals surface area contributed by atoms with Crippen LogP contribution in [0.4, 0.5) is 11.4 Å². The average molecular weight is 312 g/mol. The van der Waals surface area contributed by atoms with Gasteiger partial charge < -0.3 is 15.4 Å². The highest BCUT2D eigenvalue weighted by Gasteiger charge is 2.10. The molecular weight excluding hydrogens is 296 g/mol. The van der Waals surface area contributed by atoms with Crippen LogP contribution in [0.5, 0.6) is 0 Å². The maximum absolute atomic E-state index is 12.1. The molecule has 0 spiro atoms. The van der Waals surface area contributed by atoms with E-state index in [0.29, 0.717) is 16.9 Å². The lowest BCUT2D eigenvalue weighted by atomic mass is 10.2.